The maximum absolute atomic E-state index is 0. The molecular weight excluding hydrogens is 535 g/mol. The third-order valence-electron chi connectivity index (χ3n) is 0. The fourth-order valence-corrected chi connectivity index (χ4v) is 0. The molecule has 0 aromatic heterocycles. The van der Waals surface area contributed by atoms with E-state index in [4.69, 9.17) is 0 Å². The quantitative estimate of drug-likeness (QED) is 0.331. The van der Waals surface area contributed by atoms with Gasteiger partial charge < -0.3 is 0 Å². The van der Waals surface area contributed by atoms with Crippen molar-refractivity contribution in [2.45, 2.75) is 0 Å². The zero-order chi connectivity index (χ0) is 0. The molecule has 0 fully saturated rings. The van der Waals surface area contributed by atoms with Crippen LogP contribution in [0.3, 0.4) is 0 Å². The molecule has 0 aromatic rings. The fraction of sp³-hybridized carbons (Fsp3) is 0. The standard InChI is InChI=1S/Pb.Sb.Sn.Sr. The minimum Gasteiger partial charge on any atom is 0 e. The van der Waals surface area contributed by atoms with Gasteiger partial charge in [-0.25, -0.2) is 0 Å². The molecule has 0 atom stereocenters. The summed E-state index contributed by atoms with van der Waals surface area (Å²) in [5.74, 6) is 0. The molecule has 0 unspecified atom stereocenters. The average molecular weight is 535 g/mol. The van der Waals surface area contributed by atoms with Crippen molar-refractivity contribution in [2.24, 2.45) is 0 Å². The second kappa shape index (κ2) is 15.7. The van der Waals surface area contributed by atoms with Gasteiger partial charge in [-0.05, 0) is 0 Å². The van der Waals surface area contributed by atoms with Crippen LogP contribution in [0.4, 0.5) is 0 Å². The van der Waals surface area contributed by atoms with Crippen LogP contribution in [-0.2, 0) is 0 Å². The molecule has 0 nitrogen and oxygen atoms in total. The molecule has 0 heterocycles. The first-order chi connectivity index (χ1) is 0. The topological polar surface area (TPSA) is 0 Å². The summed E-state index contributed by atoms with van der Waals surface area (Å²) < 4.78 is 0. The van der Waals surface area contributed by atoms with E-state index in [-0.39, 0.29) is 121 Å². The van der Waals surface area contributed by atoms with Crippen LogP contribution >= 0.6 is 0 Å². The second-order valence-corrected chi connectivity index (χ2v) is 0. The van der Waals surface area contributed by atoms with Crippen molar-refractivity contribution in [3.05, 3.63) is 0 Å². The van der Waals surface area contributed by atoms with E-state index in [2.05, 4.69) is 0 Å². The van der Waals surface area contributed by atoms with Crippen LogP contribution in [0.15, 0.2) is 0 Å². The van der Waals surface area contributed by atoms with Gasteiger partial charge in [0.25, 0.3) is 0 Å². The van der Waals surface area contributed by atoms with Gasteiger partial charge in [0.1, 0.15) is 0 Å². The van der Waals surface area contributed by atoms with E-state index in [0.29, 0.717) is 0 Å². The first kappa shape index (κ1) is 24.5. The van der Waals surface area contributed by atoms with Gasteiger partial charge in [-0.3, -0.25) is 0 Å². The first-order valence-electron chi connectivity index (χ1n) is 0. The molecule has 0 saturated carbocycles. The SMILES string of the molecule is [Pb].[Sb].[Sn].[Sr]. The largest absolute Gasteiger partial charge is 0 e. The Labute approximate surface area is 118 Å². The fourth-order valence-electron chi connectivity index (χ4n) is 0. The Morgan fingerprint density at radius 2 is 1.00 bits per heavy atom. The first-order valence-corrected chi connectivity index (χ1v) is 0. The predicted molar refractivity (Wildman–Crippen MR) is 23.0 cm³/mol. The van der Waals surface area contributed by atoms with E-state index in [1.165, 1.54) is 0 Å². The summed E-state index contributed by atoms with van der Waals surface area (Å²) in [6.07, 6.45) is 0. The van der Waals surface area contributed by atoms with Gasteiger partial charge in [0.05, 0.1) is 0 Å². The summed E-state index contributed by atoms with van der Waals surface area (Å²) in [6.45, 7) is 0. The zero-order valence-corrected chi connectivity index (χ0v) is 14.9. The smallest absolute Gasteiger partial charge is 0 e. The Hall–Kier alpha value is 4.02. The molecule has 0 aliphatic rings. The van der Waals surface area contributed by atoms with Crippen LogP contribution in [0.1, 0.15) is 0 Å². The van der Waals surface area contributed by atoms with Crippen LogP contribution in [0.5, 0.6) is 0 Å². The van der Waals surface area contributed by atoms with E-state index >= 15 is 0 Å². The molecule has 0 spiro atoms. The maximum Gasteiger partial charge on any atom is 0 e. The monoisotopic (exact) mass is 537 g/mol. The molecule has 4 heavy (non-hydrogen) atoms. The molecule has 4 heteroatoms. The van der Waals surface area contributed by atoms with Crippen molar-refractivity contribution in [2.75, 3.05) is 0 Å². The molecule has 0 N–H and O–H groups in total. The van der Waals surface area contributed by atoms with Crippen molar-refractivity contribution < 1.29 is 0 Å². The van der Waals surface area contributed by atoms with E-state index in [0.717, 1.165) is 0 Å². The average Bonchev–Trinajstić information content (AvgIpc) is 0. The summed E-state index contributed by atoms with van der Waals surface area (Å²) >= 11 is 0. The Balaban J connectivity index is 0. The van der Waals surface area contributed by atoms with E-state index in [1.54, 1.807) is 0 Å². The molecule has 0 amide bonds. The van der Waals surface area contributed by atoms with E-state index in [9.17, 15) is 0 Å². The summed E-state index contributed by atoms with van der Waals surface area (Å²) in [4.78, 5) is 0. The molecule has 13 radical (unpaired) electrons. The molecule has 0 aliphatic heterocycles. The van der Waals surface area contributed by atoms with E-state index in [1.807, 2.05) is 0 Å². The van der Waals surface area contributed by atoms with Gasteiger partial charge >= 0.3 is 0 Å². The Morgan fingerprint density at radius 1 is 1.00 bits per heavy atom. The van der Waals surface area contributed by atoms with Gasteiger partial charge in [0.2, 0.25) is 0 Å². The normalized spacial score (nSPS) is 0. The van der Waals surface area contributed by atoms with Crippen molar-refractivity contribution in [1.29, 1.82) is 0 Å². The third kappa shape index (κ3) is 9.39. The van der Waals surface area contributed by atoms with Crippen LogP contribution in [0, 0.1) is 0 Å². The van der Waals surface area contributed by atoms with Crippen LogP contribution in [0.25, 0.3) is 0 Å². The number of rotatable bonds is 0. The molecule has 15 valence electrons. The predicted octanol–water partition coefficient (Wildman–Crippen LogP) is -1.52. The van der Waals surface area contributed by atoms with E-state index < -0.39 is 0 Å². The Kier molecular flexibility index (Phi) is 96.3. The molecule has 0 saturated heterocycles. The van der Waals surface area contributed by atoms with Crippen molar-refractivity contribution in [3.63, 3.8) is 0 Å². The van der Waals surface area contributed by atoms with Gasteiger partial charge in [-0.1, -0.05) is 0 Å². The summed E-state index contributed by atoms with van der Waals surface area (Å²) in [5, 5.41) is 0. The van der Waals surface area contributed by atoms with Crippen LogP contribution in [0.2, 0.25) is 0 Å². The Bertz CT molecular complexity index is 8.00. The minimum absolute atomic E-state index is 0. The second-order valence-electron chi connectivity index (χ2n) is 0. The molecule has 0 aliphatic carbocycles. The summed E-state index contributed by atoms with van der Waals surface area (Å²) in [6, 6.07) is 0. The molecule has 0 aromatic carbocycles. The van der Waals surface area contributed by atoms with Crippen molar-refractivity contribution in [3.8, 4) is 0 Å². The van der Waals surface area contributed by atoms with Gasteiger partial charge in [-0.15, -0.1) is 0 Å². The molecule has 0 bridgehead atoms. The minimum atomic E-state index is 0. The Morgan fingerprint density at radius 3 is 1.00 bits per heavy atom. The van der Waals surface area contributed by atoms with Crippen molar-refractivity contribution in [1.82, 2.24) is 0 Å². The third-order valence-corrected chi connectivity index (χ3v) is 0. The zero-order valence-electron chi connectivity index (χ0n) is 2.15. The van der Waals surface area contributed by atoms with Gasteiger partial charge in [-0.2, -0.15) is 0 Å². The maximum atomic E-state index is 0. The summed E-state index contributed by atoms with van der Waals surface area (Å²) in [7, 11) is 0. The number of hydrogen-bond acceptors (Lipinski definition) is 0. The molecule has 0 rings (SSSR count). The van der Waals surface area contributed by atoms with Crippen molar-refractivity contribution >= 4 is 121 Å². The summed E-state index contributed by atoms with van der Waals surface area (Å²) in [5.41, 5.74) is 0. The molecular formula is PbSbSnSr. The van der Waals surface area contributed by atoms with Crippen LogP contribution in [-0.4, -0.2) is 121 Å². The number of hydrogen-bond donors (Lipinski definition) is 0. The van der Waals surface area contributed by atoms with Gasteiger partial charge in [0, 0.05) is 121 Å². The van der Waals surface area contributed by atoms with Crippen LogP contribution < -0.4 is 0 Å². The van der Waals surface area contributed by atoms with Gasteiger partial charge in [0.15, 0.2) is 0 Å².